The van der Waals surface area contributed by atoms with E-state index in [2.05, 4.69) is 0 Å². The maximum atomic E-state index is 12.0. The molecule has 0 aromatic carbocycles. The van der Waals surface area contributed by atoms with Gasteiger partial charge in [0.1, 0.15) is 5.69 Å². The topological polar surface area (TPSA) is 65.8 Å². The van der Waals surface area contributed by atoms with Crippen molar-refractivity contribution in [3.05, 3.63) is 24.0 Å². The minimum Gasteiger partial charge on any atom is -0.477 e. The van der Waals surface area contributed by atoms with Crippen molar-refractivity contribution in [1.29, 1.82) is 0 Å². The van der Waals surface area contributed by atoms with Crippen molar-refractivity contribution >= 4 is 12.0 Å². The Kier molecular flexibility index (Phi) is 4.32. The molecule has 2 rings (SSSR count). The predicted molar refractivity (Wildman–Crippen MR) is 74.9 cm³/mol. The first-order chi connectivity index (χ1) is 9.54. The molecule has 1 N–H and O–H groups in total. The maximum Gasteiger partial charge on any atom is 0.352 e. The van der Waals surface area contributed by atoms with Gasteiger partial charge in [-0.2, -0.15) is 0 Å². The van der Waals surface area contributed by atoms with Crippen molar-refractivity contribution in [1.82, 2.24) is 14.4 Å². The SMILES string of the molecule is CCN(C)C(=O)N1CCC(n2cccc2C(=O)O)CC1. The normalized spacial score (nSPS) is 16.2. The fourth-order valence-electron chi connectivity index (χ4n) is 2.61. The van der Waals surface area contributed by atoms with Gasteiger partial charge in [0.15, 0.2) is 0 Å². The molecule has 6 nitrogen and oxygen atoms in total. The highest BCUT2D eigenvalue weighted by atomic mass is 16.4. The summed E-state index contributed by atoms with van der Waals surface area (Å²) in [6.07, 6.45) is 3.39. The number of aromatic carboxylic acids is 1. The first-order valence-electron chi connectivity index (χ1n) is 6.94. The Hall–Kier alpha value is -1.98. The lowest BCUT2D eigenvalue weighted by atomic mass is 10.0. The fraction of sp³-hybridized carbons (Fsp3) is 0.571. The third-order valence-corrected chi connectivity index (χ3v) is 3.93. The number of carbonyl (C=O) groups excluding carboxylic acids is 1. The lowest BCUT2D eigenvalue weighted by Crippen LogP contribution is -2.45. The van der Waals surface area contributed by atoms with Gasteiger partial charge in [0.25, 0.3) is 0 Å². The number of likely N-dealkylation sites (tertiary alicyclic amines) is 1. The van der Waals surface area contributed by atoms with Crippen molar-refractivity contribution in [3.8, 4) is 0 Å². The molecule has 1 saturated heterocycles. The van der Waals surface area contributed by atoms with Gasteiger partial charge in [-0.05, 0) is 31.9 Å². The summed E-state index contributed by atoms with van der Waals surface area (Å²) in [5.74, 6) is -0.903. The Morgan fingerprint density at radius 1 is 1.40 bits per heavy atom. The number of urea groups is 1. The third-order valence-electron chi connectivity index (χ3n) is 3.93. The van der Waals surface area contributed by atoms with E-state index in [0.29, 0.717) is 25.3 Å². The van der Waals surface area contributed by atoms with Gasteiger partial charge in [-0.3, -0.25) is 0 Å². The lowest BCUT2D eigenvalue weighted by molar-refractivity contribution is 0.0678. The van der Waals surface area contributed by atoms with E-state index in [-0.39, 0.29) is 12.1 Å². The first-order valence-corrected chi connectivity index (χ1v) is 6.94. The van der Waals surface area contributed by atoms with Crippen LogP contribution in [0.5, 0.6) is 0 Å². The summed E-state index contributed by atoms with van der Waals surface area (Å²) in [4.78, 5) is 26.7. The molecule has 2 amide bonds. The Labute approximate surface area is 118 Å². The Morgan fingerprint density at radius 2 is 2.05 bits per heavy atom. The highest BCUT2D eigenvalue weighted by Gasteiger charge is 2.26. The number of carboxylic acid groups (broad SMARTS) is 1. The highest BCUT2D eigenvalue weighted by Crippen LogP contribution is 2.25. The summed E-state index contributed by atoms with van der Waals surface area (Å²) in [5, 5.41) is 9.14. The smallest absolute Gasteiger partial charge is 0.352 e. The number of rotatable bonds is 3. The molecule has 2 heterocycles. The number of aromatic nitrogens is 1. The molecule has 0 unspecified atom stereocenters. The van der Waals surface area contributed by atoms with Gasteiger partial charge in [-0.25, -0.2) is 9.59 Å². The zero-order chi connectivity index (χ0) is 14.7. The number of amides is 2. The van der Waals surface area contributed by atoms with Gasteiger partial charge in [0.05, 0.1) is 0 Å². The highest BCUT2D eigenvalue weighted by molar-refractivity contribution is 5.85. The summed E-state index contributed by atoms with van der Waals surface area (Å²) in [5.41, 5.74) is 0.320. The molecule has 0 atom stereocenters. The Balaban J connectivity index is 1.99. The number of carbonyl (C=O) groups is 2. The second-order valence-corrected chi connectivity index (χ2v) is 5.12. The Morgan fingerprint density at radius 3 is 2.60 bits per heavy atom. The maximum absolute atomic E-state index is 12.0. The molecule has 0 bridgehead atoms. The van der Waals surface area contributed by atoms with Crippen molar-refractivity contribution < 1.29 is 14.7 Å². The van der Waals surface area contributed by atoms with Crippen LogP contribution < -0.4 is 0 Å². The minimum atomic E-state index is -0.903. The van der Waals surface area contributed by atoms with Crippen molar-refractivity contribution in [2.75, 3.05) is 26.7 Å². The standard InChI is InChI=1S/C14H21N3O3/c1-3-15(2)14(20)16-9-6-11(7-10-16)17-8-4-5-12(17)13(18)19/h4-5,8,11H,3,6-7,9-10H2,1-2H3,(H,18,19). The number of carboxylic acids is 1. The van der Waals surface area contributed by atoms with Crippen LogP contribution in [0.4, 0.5) is 4.79 Å². The van der Waals surface area contributed by atoms with E-state index in [4.69, 9.17) is 5.11 Å². The number of piperidine rings is 1. The van der Waals surface area contributed by atoms with Crippen LogP contribution in [-0.2, 0) is 0 Å². The van der Waals surface area contributed by atoms with E-state index < -0.39 is 5.97 Å². The van der Waals surface area contributed by atoms with Gasteiger partial charge in [0, 0.05) is 38.9 Å². The van der Waals surface area contributed by atoms with Crippen LogP contribution in [0.25, 0.3) is 0 Å². The van der Waals surface area contributed by atoms with E-state index in [1.807, 2.05) is 22.6 Å². The molecule has 6 heteroatoms. The molecule has 1 fully saturated rings. The largest absolute Gasteiger partial charge is 0.477 e. The van der Waals surface area contributed by atoms with Gasteiger partial charge >= 0.3 is 12.0 Å². The molecule has 0 spiro atoms. The summed E-state index contributed by atoms with van der Waals surface area (Å²) in [6, 6.07) is 3.58. The van der Waals surface area contributed by atoms with Gasteiger partial charge in [0.2, 0.25) is 0 Å². The second-order valence-electron chi connectivity index (χ2n) is 5.12. The van der Waals surface area contributed by atoms with E-state index >= 15 is 0 Å². The van der Waals surface area contributed by atoms with Crippen molar-refractivity contribution in [2.24, 2.45) is 0 Å². The van der Waals surface area contributed by atoms with Gasteiger partial charge < -0.3 is 19.5 Å². The summed E-state index contributed by atoms with van der Waals surface area (Å²) < 4.78 is 1.81. The quantitative estimate of drug-likeness (QED) is 0.919. The zero-order valence-corrected chi connectivity index (χ0v) is 12.0. The summed E-state index contributed by atoms with van der Waals surface area (Å²) >= 11 is 0. The molecule has 0 aliphatic carbocycles. The molecule has 0 saturated carbocycles. The fourth-order valence-corrected chi connectivity index (χ4v) is 2.61. The first kappa shape index (κ1) is 14.4. The summed E-state index contributed by atoms with van der Waals surface area (Å²) in [6.45, 7) is 3.99. The van der Waals surface area contributed by atoms with Gasteiger partial charge in [-0.1, -0.05) is 0 Å². The summed E-state index contributed by atoms with van der Waals surface area (Å²) in [7, 11) is 1.79. The second kappa shape index (κ2) is 5.98. The van der Waals surface area contributed by atoms with Gasteiger partial charge in [-0.15, -0.1) is 0 Å². The van der Waals surface area contributed by atoms with Crippen molar-refractivity contribution in [2.45, 2.75) is 25.8 Å². The van der Waals surface area contributed by atoms with Crippen LogP contribution in [-0.4, -0.2) is 58.2 Å². The molecule has 1 aliphatic rings. The van der Waals surface area contributed by atoms with E-state index in [0.717, 1.165) is 12.8 Å². The van der Waals surface area contributed by atoms with Crippen LogP contribution in [0.1, 0.15) is 36.3 Å². The average Bonchev–Trinajstić information content (AvgIpc) is 2.95. The number of nitrogens with zero attached hydrogens (tertiary/aromatic N) is 3. The molecule has 20 heavy (non-hydrogen) atoms. The molecular weight excluding hydrogens is 258 g/mol. The lowest BCUT2D eigenvalue weighted by Gasteiger charge is -2.35. The van der Waals surface area contributed by atoms with E-state index in [9.17, 15) is 9.59 Å². The third kappa shape index (κ3) is 2.79. The number of hydrogen-bond donors (Lipinski definition) is 1. The molecule has 1 aromatic rings. The minimum absolute atomic E-state index is 0.0527. The van der Waals surface area contributed by atoms with Crippen LogP contribution >= 0.6 is 0 Å². The van der Waals surface area contributed by atoms with Crippen molar-refractivity contribution in [3.63, 3.8) is 0 Å². The Bertz CT molecular complexity index is 490. The predicted octanol–water partition coefficient (Wildman–Crippen LogP) is 1.89. The monoisotopic (exact) mass is 279 g/mol. The van der Waals surface area contributed by atoms with Crippen LogP contribution in [0.2, 0.25) is 0 Å². The van der Waals surface area contributed by atoms with E-state index in [1.54, 1.807) is 24.1 Å². The number of hydrogen-bond acceptors (Lipinski definition) is 2. The zero-order valence-electron chi connectivity index (χ0n) is 12.0. The molecule has 0 radical (unpaired) electrons. The molecule has 1 aliphatic heterocycles. The van der Waals surface area contributed by atoms with Crippen LogP contribution in [0, 0.1) is 0 Å². The molecule has 1 aromatic heterocycles. The molecule has 110 valence electrons. The van der Waals surface area contributed by atoms with Crippen LogP contribution in [0.15, 0.2) is 18.3 Å². The van der Waals surface area contributed by atoms with E-state index in [1.165, 1.54) is 0 Å². The van der Waals surface area contributed by atoms with Crippen LogP contribution in [0.3, 0.4) is 0 Å². The average molecular weight is 279 g/mol. The molecular formula is C14H21N3O3.